The van der Waals surface area contributed by atoms with E-state index in [4.69, 9.17) is 16.3 Å². The largest absolute Gasteiger partial charge is 0.492 e. The molecule has 0 unspecified atom stereocenters. The van der Waals surface area contributed by atoms with Crippen LogP contribution in [0.15, 0.2) is 54.6 Å². The summed E-state index contributed by atoms with van der Waals surface area (Å²) in [6.45, 7) is 0.781. The Morgan fingerprint density at radius 1 is 0.957 bits per heavy atom. The first-order chi connectivity index (χ1) is 11.1. The van der Waals surface area contributed by atoms with Gasteiger partial charge in [0, 0.05) is 11.6 Å². The van der Waals surface area contributed by atoms with Gasteiger partial charge in [-0.2, -0.15) is 0 Å². The second-order valence-electron chi connectivity index (χ2n) is 4.73. The van der Waals surface area contributed by atoms with Gasteiger partial charge < -0.3 is 15.4 Å². The van der Waals surface area contributed by atoms with Crippen LogP contribution >= 0.6 is 11.6 Å². The van der Waals surface area contributed by atoms with Crippen molar-refractivity contribution in [1.82, 2.24) is 10.6 Å². The van der Waals surface area contributed by atoms with E-state index in [1.165, 1.54) is 0 Å². The van der Waals surface area contributed by atoms with E-state index >= 15 is 0 Å². The van der Waals surface area contributed by atoms with E-state index in [1.807, 2.05) is 36.4 Å². The molecule has 0 aromatic heterocycles. The van der Waals surface area contributed by atoms with Gasteiger partial charge in [-0.15, -0.1) is 0 Å². The molecule has 0 heterocycles. The van der Waals surface area contributed by atoms with Gasteiger partial charge in [0.15, 0.2) is 0 Å². The van der Waals surface area contributed by atoms with E-state index < -0.39 is 11.8 Å². The maximum atomic E-state index is 11.7. The maximum Gasteiger partial charge on any atom is 0.309 e. The predicted octanol–water partition coefficient (Wildman–Crippen LogP) is 2.15. The van der Waals surface area contributed by atoms with Gasteiger partial charge in [0.25, 0.3) is 0 Å². The molecular formula is C17H17ClN2O3. The van der Waals surface area contributed by atoms with Crippen LogP contribution in [0.1, 0.15) is 5.56 Å². The Hall–Kier alpha value is -2.53. The van der Waals surface area contributed by atoms with Crippen molar-refractivity contribution in [3.05, 3.63) is 65.2 Å². The highest BCUT2D eigenvalue weighted by molar-refractivity contribution is 6.35. The average Bonchev–Trinajstić information content (AvgIpc) is 2.57. The zero-order valence-corrected chi connectivity index (χ0v) is 13.2. The number of amides is 2. The monoisotopic (exact) mass is 332 g/mol. The number of rotatable bonds is 6. The smallest absolute Gasteiger partial charge is 0.309 e. The number of ether oxygens (including phenoxy) is 1. The Balaban J connectivity index is 1.66. The molecule has 0 aliphatic carbocycles. The molecule has 0 aliphatic rings. The molecule has 5 nitrogen and oxygen atoms in total. The van der Waals surface area contributed by atoms with Crippen LogP contribution in [0.25, 0.3) is 0 Å². The van der Waals surface area contributed by atoms with E-state index in [2.05, 4.69) is 10.6 Å². The molecule has 120 valence electrons. The van der Waals surface area contributed by atoms with E-state index in [0.29, 0.717) is 10.8 Å². The molecular weight excluding hydrogens is 316 g/mol. The number of carbonyl (C=O) groups excluding carboxylic acids is 2. The van der Waals surface area contributed by atoms with Crippen molar-refractivity contribution in [2.45, 2.75) is 6.54 Å². The van der Waals surface area contributed by atoms with Gasteiger partial charge in [-0.1, -0.05) is 41.9 Å². The minimum Gasteiger partial charge on any atom is -0.492 e. The third kappa shape index (κ3) is 6.00. The standard InChI is InChI=1S/C17H17ClN2O3/c18-14-6-4-5-13(11-14)12-20-17(22)16(21)19-9-10-23-15-7-2-1-3-8-15/h1-8,11H,9-10,12H2,(H,19,21)(H,20,22). The van der Waals surface area contributed by atoms with E-state index in [-0.39, 0.29) is 19.7 Å². The van der Waals surface area contributed by atoms with Crippen molar-refractivity contribution in [2.75, 3.05) is 13.2 Å². The highest BCUT2D eigenvalue weighted by Gasteiger charge is 2.12. The van der Waals surface area contributed by atoms with Crippen LogP contribution in [0, 0.1) is 0 Å². The average molecular weight is 333 g/mol. The van der Waals surface area contributed by atoms with E-state index in [0.717, 1.165) is 5.56 Å². The molecule has 0 saturated heterocycles. The Morgan fingerprint density at radius 2 is 1.70 bits per heavy atom. The molecule has 0 fully saturated rings. The number of nitrogens with one attached hydrogen (secondary N) is 2. The fourth-order valence-electron chi connectivity index (χ4n) is 1.84. The summed E-state index contributed by atoms with van der Waals surface area (Å²) in [5.41, 5.74) is 0.825. The second-order valence-corrected chi connectivity index (χ2v) is 5.17. The van der Waals surface area contributed by atoms with Gasteiger partial charge in [-0.3, -0.25) is 9.59 Å². The summed E-state index contributed by atoms with van der Waals surface area (Å²) in [6, 6.07) is 16.3. The minimum absolute atomic E-state index is 0.243. The van der Waals surface area contributed by atoms with Crippen molar-refractivity contribution < 1.29 is 14.3 Å². The summed E-state index contributed by atoms with van der Waals surface area (Å²) in [5.74, 6) is -0.666. The van der Waals surface area contributed by atoms with Crippen LogP contribution in [0.4, 0.5) is 0 Å². The van der Waals surface area contributed by atoms with E-state index in [9.17, 15) is 9.59 Å². The summed E-state index contributed by atoms with van der Waals surface area (Å²) < 4.78 is 5.42. The van der Waals surface area contributed by atoms with Gasteiger partial charge in [0.1, 0.15) is 12.4 Å². The lowest BCUT2D eigenvalue weighted by molar-refractivity contribution is -0.139. The third-order valence-electron chi connectivity index (χ3n) is 2.95. The summed E-state index contributed by atoms with van der Waals surface area (Å²) in [5, 5.41) is 5.62. The molecule has 2 N–H and O–H groups in total. The van der Waals surface area contributed by atoms with Gasteiger partial charge in [-0.25, -0.2) is 0 Å². The summed E-state index contributed by atoms with van der Waals surface area (Å²) in [7, 11) is 0. The highest BCUT2D eigenvalue weighted by Crippen LogP contribution is 2.10. The van der Waals surface area contributed by atoms with Crippen LogP contribution in [-0.4, -0.2) is 25.0 Å². The molecule has 2 aromatic rings. The molecule has 2 rings (SSSR count). The van der Waals surface area contributed by atoms with Gasteiger partial charge in [-0.05, 0) is 29.8 Å². The molecule has 0 radical (unpaired) electrons. The number of benzene rings is 2. The van der Waals surface area contributed by atoms with Crippen LogP contribution in [0.3, 0.4) is 0 Å². The van der Waals surface area contributed by atoms with Gasteiger partial charge >= 0.3 is 11.8 Å². The van der Waals surface area contributed by atoms with Crippen molar-refractivity contribution in [3.8, 4) is 5.75 Å². The van der Waals surface area contributed by atoms with Crippen molar-refractivity contribution in [3.63, 3.8) is 0 Å². The molecule has 0 aliphatic heterocycles. The topological polar surface area (TPSA) is 67.4 Å². The molecule has 2 amide bonds. The van der Waals surface area contributed by atoms with Gasteiger partial charge in [0.05, 0.1) is 6.54 Å². The summed E-state index contributed by atoms with van der Waals surface area (Å²) >= 11 is 5.85. The van der Waals surface area contributed by atoms with Crippen molar-refractivity contribution in [1.29, 1.82) is 0 Å². The Kier molecular flexibility index (Phi) is 6.44. The minimum atomic E-state index is -0.691. The van der Waals surface area contributed by atoms with Crippen LogP contribution in [0.5, 0.6) is 5.75 Å². The zero-order chi connectivity index (χ0) is 16.5. The lowest BCUT2D eigenvalue weighted by Crippen LogP contribution is -2.41. The summed E-state index contributed by atoms with van der Waals surface area (Å²) in [6.07, 6.45) is 0. The molecule has 2 aromatic carbocycles. The summed E-state index contributed by atoms with van der Waals surface area (Å²) in [4.78, 5) is 23.3. The molecule has 0 saturated carbocycles. The second kappa shape index (κ2) is 8.80. The molecule has 6 heteroatoms. The predicted molar refractivity (Wildman–Crippen MR) is 88.2 cm³/mol. The Labute approximate surface area is 139 Å². The molecule has 0 atom stereocenters. The number of halogens is 1. The Morgan fingerprint density at radius 3 is 2.43 bits per heavy atom. The lowest BCUT2D eigenvalue weighted by Gasteiger charge is -2.08. The lowest BCUT2D eigenvalue weighted by atomic mass is 10.2. The number of hydrogen-bond acceptors (Lipinski definition) is 3. The molecule has 23 heavy (non-hydrogen) atoms. The van der Waals surface area contributed by atoms with Gasteiger partial charge in [0.2, 0.25) is 0 Å². The molecule has 0 bridgehead atoms. The van der Waals surface area contributed by atoms with Crippen LogP contribution in [-0.2, 0) is 16.1 Å². The first-order valence-electron chi connectivity index (χ1n) is 7.13. The molecule has 0 spiro atoms. The van der Waals surface area contributed by atoms with Crippen molar-refractivity contribution in [2.24, 2.45) is 0 Å². The van der Waals surface area contributed by atoms with E-state index in [1.54, 1.807) is 18.2 Å². The van der Waals surface area contributed by atoms with Crippen LogP contribution in [0.2, 0.25) is 5.02 Å². The Bertz CT molecular complexity index is 662. The fraction of sp³-hybridized carbons (Fsp3) is 0.176. The number of carbonyl (C=O) groups is 2. The first-order valence-corrected chi connectivity index (χ1v) is 7.51. The highest BCUT2D eigenvalue weighted by atomic mass is 35.5. The first kappa shape index (κ1) is 16.8. The number of hydrogen-bond donors (Lipinski definition) is 2. The van der Waals surface area contributed by atoms with Crippen molar-refractivity contribution >= 4 is 23.4 Å². The fourth-order valence-corrected chi connectivity index (χ4v) is 2.05. The third-order valence-corrected chi connectivity index (χ3v) is 3.18. The zero-order valence-electron chi connectivity index (χ0n) is 12.4. The van der Waals surface area contributed by atoms with Crippen LogP contribution < -0.4 is 15.4 Å². The quantitative estimate of drug-likeness (QED) is 0.629. The number of para-hydroxylation sites is 1. The normalized spacial score (nSPS) is 9.96. The SMILES string of the molecule is O=C(NCCOc1ccccc1)C(=O)NCc1cccc(Cl)c1. The maximum absolute atomic E-state index is 11.7.